The fourth-order valence-electron chi connectivity index (χ4n) is 6.63. The van der Waals surface area contributed by atoms with Crippen molar-refractivity contribution in [2.45, 2.75) is 111 Å². The number of ether oxygens (including phenoxy) is 2. The fourth-order valence-corrected chi connectivity index (χ4v) is 7.08. The molecule has 2 aromatic heterocycles. The Labute approximate surface area is 475 Å². The molecule has 0 N–H and O–H groups in total. The summed E-state index contributed by atoms with van der Waals surface area (Å²) in [5.41, 5.74) is 2.42. The van der Waals surface area contributed by atoms with Crippen molar-refractivity contribution in [3.63, 3.8) is 0 Å². The average molecular weight is 1000 g/mol. The molecule has 4 aromatic rings. The molecule has 8 rings (SSSR count). The second kappa shape index (κ2) is 26.2. The molecule has 0 aliphatic carbocycles. The Morgan fingerprint density at radius 3 is 1.68 bits per heavy atom. The number of benzene rings is 2. The van der Waals surface area contributed by atoms with Gasteiger partial charge >= 0.3 is 117 Å². The third-order valence-electron chi connectivity index (χ3n) is 11.5. The summed E-state index contributed by atoms with van der Waals surface area (Å²) >= 11 is 11.5. The Balaban J connectivity index is 0.000000492. The van der Waals surface area contributed by atoms with E-state index in [9.17, 15) is 17.6 Å². The third-order valence-corrected chi connectivity index (χ3v) is 12.2. The number of rotatable bonds is 6. The zero-order valence-corrected chi connectivity index (χ0v) is 45.5. The van der Waals surface area contributed by atoms with Crippen LogP contribution in [0.5, 0.6) is 0 Å². The summed E-state index contributed by atoms with van der Waals surface area (Å²) in [6.07, 6.45) is 0.131. The predicted molar refractivity (Wildman–Crippen MR) is 237 cm³/mol. The average Bonchev–Trinajstić information content (AvgIpc) is 3.60. The van der Waals surface area contributed by atoms with Gasteiger partial charge in [0.05, 0.1) is 71.1 Å². The van der Waals surface area contributed by atoms with Gasteiger partial charge in [-0.3, -0.25) is 4.79 Å². The summed E-state index contributed by atoms with van der Waals surface area (Å²) < 4.78 is 87.6. The maximum absolute atomic E-state index is 13.9. The molecule has 2 fully saturated rings. The molecular formula is C44H54B2Cl2F4K2N2O9. The Bertz CT molecular complexity index is 2270. The van der Waals surface area contributed by atoms with Crippen molar-refractivity contribution in [1.29, 1.82) is 0 Å². The topological polar surface area (TPSA) is 131 Å². The maximum atomic E-state index is 13.9. The third kappa shape index (κ3) is 15.1. The fraction of sp³-hybridized carbons (Fsp3) is 0.477. The number of pyridine rings is 2. The van der Waals surface area contributed by atoms with E-state index in [-0.39, 0.29) is 153 Å². The van der Waals surface area contributed by atoms with Crippen molar-refractivity contribution in [2.75, 3.05) is 26.4 Å². The Kier molecular flexibility index (Phi) is 24.5. The van der Waals surface area contributed by atoms with Crippen molar-refractivity contribution in [1.82, 2.24) is 9.97 Å². The quantitative estimate of drug-likeness (QED) is 0.0697. The zero-order valence-electron chi connectivity index (χ0n) is 38.7. The summed E-state index contributed by atoms with van der Waals surface area (Å²) in [4.78, 5) is 19.7. The van der Waals surface area contributed by atoms with E-state index in [2.05, 4.69) is 48.6 Å². The molecule has 2 aromatic carbocycles. The van der Waals surface area contributed by atoms with E-state index >= 15 is 0 Å². The molecule has 0 atom stereocenters. The van der Waals surface area contributed by atoms with Crippen LogP contribution in [0, 0.1) is 0 Å². The van der Waals surface area contributed by atoms with Gasteiger partial charge in [-0.05, 0) is 115 Å². The molecule has 11 nitrogen and oxygen atoms in total. The number of carbonyl (C=O) groups excluding carboxylic acids is 1. The van der Waals surface area contributed by atoms with Crippen LogP contribution in [0.2, 0.25) is 10.2 Å². The molecule has 0 saturated carbocycles. The second-order valence-electron chi connectivity index (χ2n) is 16.6. The van der Waals surface area contributed by atoms with Crippen molar-refractivity contribution in [3.05, 3.63) is 93.2 Å². The van der Waals surface area contributed by atoms with Gasteiger partial charge in [0, 0.05) is 21.4 Å². The van der Waals surface area contributed by atoms with Gasteiger partial charge in [0.1, 0.15) is 5.15 Å². The van der Waals surface area contributed by atoms with Crippen molar-refractivity contribution in [3.8, 4) is 0 Å². The zero-order chi connectivity index (χ0) is 45.6. The number of hydrogen-bond donors (Lipinski definition) is 0. The van der Waals surface area contributed by atoms with Crippen molar-refractivity contribution in [2.24, 2.45) is 0 Å². The molecule has 0 unspecified atom stereocenters. The van der Waals surface area contributed by atoms with Gasteiger partial charge in [0.25, 0.3) is 19.3 Å². The minimum absolute atomic E-state index is 0. The number of fused-ring (bicyclic) bond motifs is 2. The van der Waals surface area contributed by atoms with Crippen LogP contribution in [0.4, 0.5) is 17.6 Å². The van der Waals surface area contributed by atoms with E-state index < -0.39 is 31.2 Å². The molecule has 0 radical (unpaired) electrons. The van der Waals surface area contributed by atoms with Gasteiger partial charge in [-0.2, -0.15) is 0 Å². The molecule has 6 heterocycles. The molecule has 65 heavy (non-hydrogen) atoms. The van der Waals surface area contributed by atoms with E-state index in [1.165, 1.54) is 11.5 Å². The molecule has 2 saturated heterocycles. The first-order valence-electron chi connectivity index (χ1n) is 19.8. The van der Waals surface area contributed by atoms with E-state index in [1.54, 1.807) is 24.3 Å². The molecule has 0 bridgehead atoms. The summed E-state index contributed by atoms with van der Waals surface area (Å²) in [6.45, 7) is 18.4. The van der Waals surface area contributed by atoms with Gasteiger partial charge in [-0.15, -0.1) is 0 Å². The Morgan fingerprint density at radius 1 is 0.723 bits per heavy atom. The monoisotopic (exact) mass is 1000 g/mol. The van der Waals surface area contributed by atoms with E-state index in [0.29, 0.717) is 58.8 Å². The van der Waals surface area contributed by atoms with Gasteiger partial charge in [0.2, 0.25) is 0 Å². The molecule has 4 aliphatic rings. The van der Waals surface area contributed by atoms with Crippen molar-refractivity contribution < 1.29 is 165 Å². The van der Waals surface area contributed by atoms with Crippen LogP contribution in [-0.4, -0.2) is 79.5 Å². The first-order valence-corrected chi connectivity index (χ1v) is 20.6. The summed E-state index contributed by atoms with van der Waals surface area (Å²) in [5.74, 6) is 0. The number of halogens is 6. The van der Waals surface area contributed by atoms with Crippen LogP contribution >= 0.6 is 23.2 Å². The SMILES string of the molecule is C.CC1(C)OB(C2=CCOCC2)OC1(C)C.CC1(C)OB(c2cccc3nc(C4=CCOCC4)c(C(F)F)cc23)OC1(C)C.FC(F)c1cc2c(Cl)cccc2nc1Cl.O=CO[O-].[H-].[K+].[K+]. The van der Waals surface area contributed by atoms with E-state index in [4.69, 9.17) is 61.3 Å². The number of nitrogens with zero attached hydrogens (tertiary/aromatic N) is 2. The number of carbonyl (C=O) groups is 1. The predicted octanol–water partition coefficient (Wildman–Crippen LogP) is 3.91. The standard InChI is InChI=1S/C21H24BF2NO3.C11H19BO3.C10H5Cl2F2N.CH2O3.CH4.2K.H/c1-20(2)21(3,4)28-22(27-20)16-6-5-7-17-14(16)12-15(19(23)24)18(25-17)13-8-10-26-11-9-13;1-10(2)11(3,4)15-12(14-10)9-5-7-13-8-6-9;11-7-2-1-3-8-5(7)4-6(10(13)14)9(12)15-8;2-1-4-3;;;;/h5-8,12,19H,9-11H2,1-4H3;5H,6-8H2,1-4H3;1-4,10H;1,3H;1H4;;;/q;;;;;2*+1;-1/p-1. The molecule has 344 valence electrons. The summed E-state index contributed by atoms with van der Waals surface area (Å²) in [5, 5.41) is 9.75. The van der Waals surface area contributed by atoms with Crippen molar-refractivity contribution >= 4 is 76.8 Å². The van der Waals surface area contributed by atoms with Crippen LogP contribution in [0.1, 0.15) is 107 Å². The Hall–Kier alpha value is -0.367. The smallest absolute Gasteiger partial charge is 1.00 e. The molecule has 21 heteroatoms. The molecule has 4 aliphatic heterocycles. The van der Waals surface area contributed by atoms with Crippen LogP contribution in [-0.2, 0) is 37.8 Å². The van der Waals surface area contributed by atoms with Crippen LogP contribution < -0.4 is 113 Å². The summed E-state index contributed by atoms with van der Waals surface area (Å²) in [7, 11) is -0.812. The maximum Gasteiger partial charge on any atom is 1.00 e. The minimum atomic E-state index is -2.65. The molecular weight excluding hydrogens is 947 g/mol. The van der Waals surface area contributed by atoms with Crippen LogP contribution in [0.3, 0.4) is 0 Å². The summed E-state index contributed by atoms with van der Waals surface area (Å²) in [6, 6.07) is 13.3. The van der Waals surface area contributed by atoms with Crippen LogP contribution in [0.25, 0.3) is 27.4 Å². The normalized spacial score (nSPS) is 18.8. The first kappa shape index (κ1) is 60.8. The van der Waals surface area contributed by atoms with E-state index in [0.717, 1.165) is 24.1 Å². The Morgan fingerprint density at radius 2 is 1.20 bits per heavy atom. The van der Waals surface area contributed by atoms with Crippen LogP contribution in [0.15, 0.2) is 66.2 Å². The van der Waals surface area contributed by atoms with Gasteiger partial charge < -0.3 is 39.7 Å². The molecule has 0 spiro atoms. The minimum Gasteiger partial charge on any atom is -1.00 e. The first-order chi connectivity index (χ1) is 29.1. The van der Waals surface area contributed by atoms with Gasteiger partial charge in [-0.1, -0.05) is 61.0 Å². The number of alkyl halides is 4. The largest absolute Gasteiger partial charge is 1.00 e. The number of aromatic nitrogens is 2. The van der Waals surface area contributed by atoms with Gasteiger partial charge in [-0.25, -0.2) is 27.5 Å². The molecule has 0 amide bonds. The second-order valence-corrected chi connectivity index (χ2v) is 17.4. The van der Waals surface area contributed by atoms with E-state index in [1.807, 2.05) is 52.0 Å². The number of hydrogen-bond acceptors (Lipinski definition) is 11. The van der Waals surface area contributed by atoms with Gasteiger partial charge in [0.15, 0.2) is 0 Å².